The van der Waals surface area contributed by atoms with Gasteiger partial charge in [-0.25, -0.2) is 0 Å². The van der Waals surface area contributed by atoms with Crippen LogP contribution in [0.25, 0.3) is 21.8 Å². The molecule has 2 aromatic heterocycles. The summed E-state index contributed by atoms with van der Waals surface area (Å²) >= 11 is 0. The first-order chi connectivity index (χ1) is 11.8. The van der Waals surface area contributed by atoms with Crippen molar-refractivity contribution in [2.24, 2.45) is 0 Å². The van der Waals surface area contributed by atoms with E-state index in [1.54, 1.807) is 7.11 Å². The molecule has 0 amide bonds. The smallest absolute Gasteiger partial charge is 0.119 e. The molecule has 122 valence electrons. The predicted molar refractivity (Wildman–Crippen MR) is 98.6 cm³/mol. The lowest BCUT2D eigenvalue weighted by Crippen LogP contribution is -2.16. The van der Waals surface area contributed by atoms with E-state index in [-0.39, 0.29) is 0 Å². The highest BCUT2D eigenvalue weighted by molar-refractivity contribution is 5.84. The molecule has 2 aromatic carbocycles. The van der Waals surface area contributed by atoms with E-state index >= 15 is 0 Å². The van der Waals surface area contributed by atoms with Crippen molar-refractivity contribution in [3.63, 3.8) is 0 Å². The van der Waals surface area contributed by atoms with E-state index in [1.807, 2.05) is 6.07 Å². The Balaban J connectivity index is 1.41. The van der Waals surface area contributed by atoms with Gasteiger partial charge in [0.15, 0.2) is 0 Å². The molecular formula is C20H21N3O. The van der Waals surface area contributed by atoms with Crippen LogP contribution < -0.4 is 10.1 Å². The molecule has 0 bridgehead atoms. The van der Waals surface area contributed by atoms with E-state index in [0.717, 1.165) is 30.8 Å². The van der Waals surface area contributed by atoms with Gasteiger partial charge in [-0.15, -0.1) is 0 Å². The van der Waals surface area contributed by atoms with E-state index in [0.29, 0.717) is 0 Å². The van der Waals surface area contributed by atoms with Crippen LogP contribution in [0.3, 0.4) is 0 Å². The molecule has 0 unspecified atom stereocenters. The Morgan fingerprint density at radius 1 is 0.917 bits per heavy atom. The molecule has 0 saturated heterocycles. The van der Waals surface area contributed by atoms with Crippen molar-refractivity contribution in [3.8, 4) is 5.75 Å². The molecular weight excluding hydrogens is 298 g/mol. The number of aromatic nitrogens is 2. The Kier molecular flexibility index (Phi) is 3.97. The number of benzene rings is 2. The molecule has 0 aliphatic carbocycles. The zero-order valence-electron chi connectivity index (χ0n) is 13.7. The van der Waals surface area contributed by atoms with Crippen LogP contribution in [-0.4, -0.2) is 23.6 Å². The number of ether oxygens (including phenoxy) is 1. The molecule has 0 spiro atoms. The Bertz CT molecular complexity index is 967. The van der Waals surface area contributed by atoms with Crippen molar-refractivity contribution in [2.45, 2.75) is 13.0 Å². The maximum atomic E-state index is 5.32. The molecule has 0 saturated carbocycles. The van der Waals surface area contributed by atoms with Crippen LogP contribution in [0, 0.1) is 0 Å². The first-order valence-corrected chi connectivity index (χ1v) is 8.25. The largest absolute Gasteiger partial charge is 0.497 e. The first-order valence-electron chi connectivity index (χ1n) is 8.25. The monoisotopic (exact) mass is 319 g/mol. The highest BCUT2D eigenvalue weighted by Crippen LogP contribution is 2.23. The van der Waals surface area contributed by atoms with Gasteiger partial charge in [-0.1, -0.05) is 18.2 Å². The molecule has 4 nitrogen and oxygen atoms in total. The third-order valence-electron chi connectivity index (χ3n) is 4.54. The van der Waals surface area contributed by atoms with Crippen molar-refractivity contribution in [3.05, 3.63) is 66.0 Å². The van der Waals surface area contributed by atoms with Crippen LogP contribution in [0.2, 0.25) is 0 Å². The standard InChI is InChI=1S/C20H21N3O/c1-24-16-6-7-20-18(10-16)15(13-23-20)11-21-9-8-14-12-22-19-5-3-2-4-17(14)19/h2-7,10,12-13,21-23H,8-9,11H2,1H3. The summed E-state index contributed by atoms with van der Waals surface area (Å²) in [7, 11) is 1.70. The summed E-state index contributed by atoms with van der Waals surface area (Å²) in [6.07, 6.45) is 5.20. The van der Waals surface area contributed by atoms with Gasteiger partial charge < -0.3 is 20.0 Å². The topological polar surface area (TPSA) is 52.8 Å². The molecule has 4 aromatic rings. The molecule has 4 heteroatoms. The van der Waals surface area contributed by atoms with Gasteiger partial charge in [0.05, 0.1) is 7.11 Å². The van der Waals surface area contributed by atoms with Crippen molar-refractivity contribution < 1.29 is 4.74 Å². The van der Waals surface area contributed by atoms with Gasteiger partial charge in [-0.3, -0.25) is 0 Å². The Hall–Kier alpha value is -2.72. The fraction of sp³-hybridized carbons (Fsp3) is 0.200. The number of methoxy groups -OCH3 is 1. The highest BCUT2D eigenvalue weighted by Gasteiger charge is 2.06. The molecule has 24 heavy (non-hydrogen) atoms. The number of fused-ring (bicyclic) bond motifs is 2. The average Bonchev–Trinajstić information content (AvgIpc) is 3.22. The molecule has 0 aliphatic rings. The lowest BCUT2D eigenvalue weighted by atomic mass is 10.1. The normalized spacial score (nSPS) is 11.4. The van der Waals surface area contributed by atoms with E-state index in [9.17, 15) is 0 Å². The second kappa shape index (κ2) is 6.42. The summed E-state index contributed by atoms with van der Waals surface area (Å²) in [6, 6.07) is 14.6. The maximum absolute atomic E-state index is 5.32. The first kappa shape index (κ1) is 14.8. The Morgan fingerprint density at radius 2 is 1.71 bits per heavy atom. The molecule has 0 aliphatic heterocycles. The number of hydrogen-bond acceptors (Lipinski definition) is 2. The van der Waals surface area contributed by atoms with Crippen molar-refractivity contribution >= 4 is 21.8 Å². The van der Waals surface area contributed by atoms with Crippen LogP contribution >= 0.6 is 0 Å². The average molecular weight is 319 g/mol. The van der Waals surface area contributed by atoms with Gasteiger partial charge >= 0.3 is 0 Å². The van der Waals surface area contributed by atoms with Crippen LogP contribution in [-0.2, 0) is 13.0 Å². The second-order valence-corrected chi connectivity index (χ2v) is 6.01. The number of H-pyrrole nitrogens is 2. The van der Waals surface area contributed by atoms with Gasteiger partial charge in [0.1, 0.15) is 5.75 Å². The molecule has 0 fully saturated rings. The third kappa shape index (κ3) is 2.76. The Labute approximate surface area is 140 Å². The van der Waals surface area contributed by atoms with Crippen LogP contribution in [0.5, 0.6) is 5.75 Å². The molecule has 3 N–H and O–H groups in total. The summed E-state index contributed by atoms with van der Waals surface area (Å²) in [5, 5.41) is 6.08. The summed E-state index contributed by atoms with van der Waals surface area (Å²) < 4.78 is 5.32. The summed E-state index contributed by atoms with van der Waals surface area (Å²) in [4.78, 5) is 6.65. The molecule has 2 heterocycles. The number of hydrogen-bond donors (Lipinski definition) is 3. The van der Waals surface area contributed by atoms with Gasteiger partial charge in [0.2, 0.25) is 0 Å². The lowest BCUT2D eigenvalue weighted by molar-refractivity contribution is 0.415. The minimum absolute atomic E-state index is 0.843. The van der Waals surface area contributed by atoms with Crippen LogP contribution in [0.1, 0.15) is 11.1 Å². The van der Waals surface area contributed by atoms with Gasteiger partial charge in [0.25, 0.3) is 0 Å². The van der Waals surface area contributed by atoms with Gasteiger partial charge in [-0.2, -0.15) is 0 Å². The van der Waals surface area contributed by atoms with E-state index in [4.69, 9.17) is 4.74 Å². The minimum Gasteiger partial charge on any atom is -0.497 e. The fourth-order valence-corrected chi connectivity index (χ4v) is 3.22. The maximum Gasteiger partial charge on any atom is 0.119 e. The van der Waals surface area contributed by atoms with Crippen LogP contribution in [0.4, 0.5) is 0 Å². The molecule has 4 rings (SSSR count). The summed E-state index contributed by atoms with van der Waals surface area (Å²) in [5.74, 6) is 0.891. The summed E-state index contributed by atoms with van der Waals surface area (Å²) in [6.45, 7) is 1.79. The molecule has 0 atom stereocenters. The van der Waals surface area contributed by atoms with Gasteiger partial charge in [-0.05, 0) is 48.4 Å². The second-order valence-electron chi connectivity index (χ2n) is 6.01. The predicted octanol–water partition coefficient (Wildman–Crippen LogP) is 3.99. The SMILES string of the molecule is COc1ccc2[nH]cc(CNCCc3c[nH]c4ccccc34)c2c1. The zero-order chi connectivity index (χ0) is 16.4. The van der Waals surface area contributed by atoms with Crippen molar-refractivity contribution in [2.75, 3.05) is 13.7 Å². The molecule has 0 radical (unpaired) electrons. The number of nitrogens with one attached hydrogen (secondary N) is 3. The Morgan fingerprint density at radius 3 is 2.58 bits per heavy atom. The van der Waals surface area contributed by atoms with Crippen LogP contribution in [0.15, 0.2) is 54.9 Å². The quantitative estimate of drug-likeness (QED) is 0.471. The number of para-hydroxylation sites is 1. The van der Waals surface area contributed by atoms with Crippen molar-refractivity contribution in [1.29, 1.82) is 0 Å². The van der Waals surface area contributed by atoms with E-state index in [1.165, 1.54) is 27.4 Å². The van der Waals surface area contributed by atoms with Gasteiger partial charge in [0, 0.05) is 40.7 Å². The highest BCUT2D eigenvalue weighted by atomic mass is 16.5. The number of rotatable bonds is 6. The zero-order valence-corrected chi connectivity index (χ0v) is 13.7. The summed E-state index contributed by atoms with van der Waals surface area (Å²) in [5.41, 5.74) is 4.97. The fourth-order valence-electron chi connectivity index (χ4n) is 3.22. The third-order valence-corrected chi connectivity index (χ3v) is 4.54. The number of aromatic amines is 2. The minimum atomic E-state index is 0.843. The lowest BCUT2D eigenvalue weighted by Gasteiger charge is -2.05. The van der Waals surface area contributed by atoms with E-state index < -0.39 is 0 Å². The van der Waals surface area contributed by atoms with Crippen molar-refractivity contribution in [1.82, 2.24) is 15.3 Å². The van der Waals surface area contributed by atoms with E-state index in [2.05, 4.69) is 64.1 Å².